The lowest BCUT2D eigenvalue weighted by atomic mass is 10.3. The SMILES string of the molecule is O=C(NCc1cccnc1)n1ccc2cncnc21. The molecule has 3 aromatic heterocycles. The van der Waals surface area contributed by atoms with Crippen LogP contribution >= 0.6 is 0 Å². The Morgan fingerprint density at radius 3 is 3.05 bits per heavy atom. The average molecular weight is 253 g/mol. The highest BCUT2D eigenvalue weighted by atomic mass is 16.2. The van der Waals surface area contributed by atoms with Gasteiger partial charge in [-0.05, 0) is 17.7 Å². The van der Waals surface area contributed by atoms with E-state index in [1.165, 1.54) is 10.9 Å². The van der Waals surface area contributed by atoms with Gasteiger partial charge < -0.3 is 5.32 Å². The van der Waals surface area contributed by atoms with Crippen molar-refractivity contribution in [2.45, 2.75) is 6.54 Å². The predicted octanol–water partition coefficient (Wildman–Crippen LogP) is 1.58. The Balaban J connectivity index is 1.77. The Bertz CT molecular complexity index is 707. The highest BCUT2D eigenvalue weighted by Gasteiger charge is 2.09. The van der Waals surface area contributed by atoms with Crippen molar-refractivity contribution in [3.63, 3.8) is 0 Å². The molecule has 19 heavy (non-hydrogen) atoms. The summed E-state index contributed by atoms with van der Waals surface area (Å²) in [5, 5.41) is 3.65. The quantitative estimate of drug-likeness (QED) is 0.752. The number of carbonyl (C=O) groups is 1. The van der Waals surface area contributed by atoms with Crippen molar-refractivity contribution >= 4 is 17.1 Å². The summed E-state index contributed by atoms with van der Waals surface area (Å²) in [5.74, 6) is 0. The molecule has 0 aliphatic carbocycles. The van der Waals surface area contributed by atoms with Gasteiger partial charge in [-0.3, -0.25) is 9.55 Å². The molecule has 0 fully saturated rings. The molecule has 0 saturated heterocycles. The number of hydrogen-bond donors (Lipinski definition) is 1. The first kappa shape index (κ1) is 11.3. The summed E-state index contributed by atoms with van der Waals surface area (Å²) in [6, 6.07) is 5.32. The van der Waals surface area contributed by atoms with Crippen LogP contribution in [0.4, 0.5) is 4.79 Å². The standard InChI is InChI=1S/C13H11N5O/c19-13(16-7-10-2-1-4-14-6-10)18-5-3-11-8-15-9-17-12(11)18/h1-6,8-9H,7H2,(H,16,19). The van der Waals surface area contributed by atoms with Crippen molar-refractivity contribution in [2.75, 3.05) is 0 Å². The summed E-state index contributed by atoms with van der Waals surface area (Å²) >= 11 is 0. The van der Waals surface area contributed by atoms with Gasteiger partial charge in [0.2, 0.25) is 0 Å². The Morgan fingerprint density at radius 1 is 1.26 bits per heavy atom. The minimum atomic E-state index is -0.224. The smallest absolute Gasteiger partial charge is 0.327 e. The number of fused-ring (bicyclic) bond motifs is 1. The lowest BCUT2D eigenvalue weighted by Crippen LogP contribution is -2.27. The Kier molecular flexibility index (Phi) is 2.89. The van der Waals surface area contributed by atoms with Gasteiger partial charge in [0.05, 0.1) is 0 Å². The van der Waals surface area contributed by atoms with Crippen LogP contribution in [0.25, 0.3) is 11.0 Å². The lowest BCUT2D eigenvalue weighted by molar-refractivity contribution is 0.243. The van der Waals surface area contributed by atoms with Crippen molar-refractivity contribution in [1.82, 2.24) is 24.8 Å². The fraction of sp³-hybridized carbons (Fsp3) is 0.0769. The minimum absolute atomic E-state index is 0.224. The number of rotatable bonds is 2. The Labute approximate surface area is 109 Å². The molecule has 0 aliphatic rings. The van der Waals surface area contributed by atoms with Crippen molar-refractivity contribution in [1.29, 1.82) is 0 Å². The summed E-state index contributed by atoms with van der Waals surface area (Å²) in [6.07, 6.45) is 8.19. The van der Waals surface area contributed by atoms with Gasteiger partial charge >= 0.3 is 6.03 Å². The maximum atomic E-state index is 12.1. The van der Waals surface area contributed by atoms with Crippen LogP contribution in [-0.2, 0) is 6.54 Å². The van der Waals surface area contributed by atoms with Crippen LogP contribution in [0.15, 0.2) is 49.3 Å². The number of amides is 1. The van der Waals surface area contributed by atoms with Crippen LogP contribution in [0, 0.1) is 0 Å². The Morgan fingerprint density at radius 2 is 2.21 bits per heavy atom. The molecule has 0 radical (unpaired) electrons. The van der Waals surface area contributed by atoms with E-state index in [-0.39, 0.29) is 6.03 Å². The van der Waals surface area contributed by atoms with Gasteiger partial charge in [-0.2, -0.15) is 0 Å². The third-order valence-electron chi connectivity index (χ3n) is 2.74. The number of nitrogens with zero attached hydrogens (tertiary/aromatic N) is 4. The van der Waals surface area contributed by atoms with Crippen LogP contribution in [0.3, 0.4) is 0 Å². The van der Waals surface area contributed by atoms with E-state index in [0.717, 1.165) is 10.9 Å². The number of aromatic nitrogens is 4. The van der Waals surface area contributed by atoms with E-state index in [0.29, 0.717) is 12.2 Å². The lowest BCUT2D eigenvalue weighted by Gasteiger charge is -2.06. The molecule has 3 heterocycles. The summed E-state index contributed by atoms with van der Waals surface area (Å²) < 4.78 is 1.47. The first-order valence-electron chi connectivity index (χ1n) is 5.79. The molecule has 0 spiro atoms. The van der Waals surface area contributed by atoms with Crippen LogP contribution in [0.2, 0.25) is 0 Å². The summed E-state index contributed by atoms with van der Waals surface area (Å²) in [4.78, 5) is 24.1. The number of hydrogen-bond acceptors (Lipinski definition) is 4. The van der Waals surface area contributed by atoms with Crippen molar-refractivity contribution < 1.29 is 4.79 Å². The van der Waals surface area contributed by atoms with E-state index in [2.05, 4.69) is 20.3 Å². The molecular weight excluding hydrogens is 242 g/mol. The van der Waals surface area contributed by atoms with Crippen LogP contribution in [0.5, 0.6) is 0 Å². The van der Waals surface area contributed by atoms with Crippen molar-refractivity contribution in [3.05, 3.63) is 54.9 Å². The molecule has 0 aliphatic heterocycles. The predicted molar refractivity (Wildman–Crippen MR) is 69.4 cm³/mol. The molecule has 6 heteroatoms. The molecule has 0 unspecified atom stereocenters. The van der Waals surface area contributed by atoms with E-state index >= 15 is 0 Å². The third kappa shape index (κ3) is 2.28. The third-order valence-corrected chi connectivity index (χ3v) is 2.74. The second-order valence-electron chi connectivity index (χ2n) is 4.01. The fourth-order valence-electron chi connectivity index (χ4n) is 1.81. The summed E-state index contributed by atoms with van der Waals surface area (Å²) in [5.41, 5.74) is 1.54. The Hall–Kier alpha value is -2.76. The molecule has 94 valence electrons. The fourth-order valence-corrected chi connectivity index (χ4v) is 1.81. The van der Waals surface area contributed by atoms with E-state index in [4.69, 9.17) is 0 Å². The molecule has 0 saturated carbocycles. The van der Waals surface area contributed by atoms with Gasteiger partial charge in [0.1, 0.15) is 6.33 Å². The van der Waals surface area contributed by atoms with Crippen LogP contribution in [-0.4, -0.2) is 25.6 Å². The number of carbonyl (C=O) groups excluding carboxylic acids is 1. The monoisotopic (exact) mass is 253 g/mol. The first-order valence-corrected chi connectivity index (χ1v) is 5.79. The molecule has 0 aromatic carbocycles. The molecule has 3 aromatic rings. The maximum absolute atomic E-state index is 12.1. The van der Waals surface area contributed by atoms with Crippen LogP contribution < -0.4 is 5.32 Å². The van der Waals surface area contributed by atoms with Crippen molar-refractivity contribution in [2.24, 2.45) is 0 Å². The van der Waals surface area contributed by atoms with Gasteiger partial charge in [-0.1, -0.05) is 6.07 Å². The number of nitrogens with one attached hydrogen (secondary N) is 1. The molecule has 0 atom stereocenters. The van der Waals surface area contributed by atoms with Gasteiger partial charge in [-0.25, -0.2) is 14.8 Å². The molecule has 1 amide bonds. The summed E-state index contributed by atoms with van der Waals surface area (Å²) in [7, 11) is 0. The molecule has 6 nitrogen and oxygen atoms in total. The zero-order chi connectivity index (χ0) is 13.1. The highest BCUT2D eigenvalue weighted by Crippen LogP contribution is 2.10. The van der Waals surface area contributed by atoms with E-state index in [1.807, 2.05) is 12.1 Å². The van der Waals surface area contributed by atoms with Crippen LogP contribution in [0.1, 0.15) is 5.56 Å². The van der Waals surface area contributed by atoms with E-state index in [1.54, 1.807) is 30.9 Å². The van der Waals surface area contributed by atoms with Gasteiger partial charge in [0.15, 0.2) is 5.65 Å². The first-order chi connectivity index (χ1) is 9.34. The topological polar surface area (TPSA) is 72.7 Å². The zero-order valence-corrected chi connectivity index (χ0v) is 10.0. The van der Waals surface area contributed by atoms with Crippen molar-refractivity contribution in [3.8, 4) is 0 Å². The molecule has 1 N–H and O–H groups in total. The normalized spacial score (nSPS) is 10.5. The zero-order valence-electron chi connectivity index (χ0n) is 10.0. The average Bonchev–Trinajstić information content (AvgIpc) is 2.90. The summed E-state index contributed by atoms with van der Waals surface area (Å²) in [6.45, 7) is 0.428. The minimum Gasteiger partial charge on any atom is -0.333 e. The van der Waals surface area contributed by atoms with E-state index in [9.17, 15) is 4.79 Å². The van der Waals surface area contributed by atoms with Gasteiger partial charge in [-0.15, -0.1) is 0 Å². The highest BCUT2D eigenvalue weighted by molar-refractivity contribution is 5.88. The van der Waals surface area contributed by atoms with Gasteiger partial charge in [0, 0.05) is 36.7 Å². The van der Waals surface area contributed by atoms with Gasteiger partial charge in [0.25, 0.3) is 0 Å². The molecule has 0 bridgehead atoms. The van der Waals surface area contributed by atoms with E-state index < -0.39 is 0 Å². The molecular formula is C13H11N5O. The number of pyridine rings is 1. The maximum Gasteiger partial charge on any atom is 0.327 e. The second kappa shape index (κ2) is 4.85. The molecule has 3 rings (SSSR count). The largest absolute Gasteiger partial charge is 0.333 e. The second-order valence-corrected chi connectivity index (χ2v) is 4.01.